The highest BCUT2D eigenvalue weighted by Gasteiger charge is 2.16. The summed E-state index contributed by atoms with van der Waals surface area (Å²) in [6.07, 6.45) is 0. The molecule has 2 aromatic carbocycles. The Bertz CT molecular complexity index is 1060. The molecule has 5 heteroatoms. The van der Waals surface area contributed by atoms with Crippen molar-refractivity contribution in [3.8, 4) is 11.4 Å². The van der Waals surface area contributed by atoms with Crippen LogP contribution in [0.3, 0.4) is 0 Å². The van der Waals surface area contributed by atoms with Gasteiger partial charge in [-0.1, -0.05) is 30.3 Å². The van der Waals surface area contributed by atoms with E-state index in [1.807, 2.05) is 30.3 Å². The number of rotatable bonds is 1. The summed E-state index contributed by atoms with van der Waals surface area (Å²) in [5.74, 6) is 0.279. The van der Waals surface area contributed by atoms with Gasteiger partial charge in [0.05, 0.1) is 16.7 Å². The minimum atomic E-state index is -0.355. The molecule has 2 aromatic heterocycles. The van der Waals surface area contributed by atoms with Crippen LogP contribution in [0.2, 0.25) is 0 Å². The van der Waals surface area contributed by atoms with Crippen LogP contribution in [0, 0.1) is 12.7 Å². The number of benzene rings is 2. The molecule has 4 nitrogen and oxygen atoms in total. The fourth-order valence-electron chi connectivity index (χ4n) is 2.79. The van der Waals surface area contributed by atoms with Gasteiger partial charge in [-0.05, 0) is 19.1 Å². The van der Waals surface area contributed by atoms with E-state index in [4.69, 9.17) is 0 Å². The Hall–Kier alpha value is -2.95. The van der Waals surface area contributed by atoms with Crippen LogP contribution < -0.4 is 5.56 Å². The molecule has 0 aliphatic heterocycles. The molecule has 4 aromatic rings. The lowest BCUT2D eigenvalue weighted by molar-refractivity contribution is 0.629. The number of hydrogen-bond acceptors (Lipinski definition) is 2. The average molecular weight is 293 g/mol. The van der Waals surface area contributed by atoms with Gasteiger partial charge in [0.15, 0.2) is 0 Å². The molecular weight excluding hydrogens is 281 g/mol. The largest absolute Gasteiger partial charge is 0.319 e. The number of fused-ring (bicyclic) bond motifs is 3. The van der Waals surface area contributed by atoms with Gasteiger partial charge >= 0.3 is 0 Å². The summed E-state index contributed by atoms with van der Waals surface area (Å²) < 4.78 is 15.4. The summed E-state index contributed by atoms with van der Waals surface area (Å²) in [4.78, 5) is 19.6. The zero-order valence-corrected chi connectivity index (χ0v) is 11.8. The number of nitrogens with zero attached hydrogens (tertiary/aromatic N) is 2. The number of halogens is 1. The quantitative estimate of drug-likeness (QED) is 0.585. The Kier molecular flexibility index (Phi) is 2.63. The molecule has 0 unspecified atom stereocenters. The van der Waals surface area contributed by atoms with Crippen LogP contribution in [-0.2, 0) is 0 Å². The zero-order chi connectivity index (χ0) is 15.3. The third kappa shape index (κ3) is 1.75. The number of aromatic nitrogens is 3. The molecular formula is C17H12FN3O. The lowest BCUT2D eigenvalue weighted by Crippen LogP contribution is -2.11. The number of aryl methyl sites for hydroxylation is 1. The van der Waals surface area contributed by atoms with Gasteiger partial charge in [0.2, 0.25) is 0 Å². The third-order valence-electron chi connectivity index (χ3n) is 3.75. The highest BCUT2D eigenvalue weighted by Crippen LogP contribution is 2.24. The molecule has 22 heavy (non-hydrogen) atoms. The Morgan fingerprint density at radius 2 is 1.91 bits per heavy atom. The second-order valence-corrected chi connectivity index (χ2v) is 5.19. The first kappa shape index (κ1) is 12.8. The number of H-pyrrole nitrogens is 1. The van der Waals surface area contributed by atoms with Crippen molar-refractivity contribution in [3.05, 3.63) is 70.4 Å². The molecule has 0 saturated carbocycles. The van der Waals surface area contributed by atoms with Gasteiger partial charge in [-0.25, -0.2) is 9.37 Å². The predicted octanol–water partition coefficient (Wildman–Crippen LogP) is 3.29. The topological polar surface area (TPSA) is 50.2 Å². The minimum absolute atomic E-state index is 0.230. The highest BCUT2D eigenvalue weighted by atomic mass is 19.1. The predicted molar refractivity (Wildman–Crippen MR) is 83.4 cm³/mol. The van der Waals surface area contributed by atoms with Gasteiger partial charge in [0.25, 0.3) is 5.56 Å². The summed E-state index contributed by atoms with van der Waals surface area (Å²) in [6.45, 7) is 1.78. The van der Waals surface area contributed by atoms with Crippen molar-refractivity contribution in [2.24, 2.45) is 0 Å². The standard InChI is InChI=1S/C17H12FN3O/c1-10-15-17(22)20-13-8-7-12(18)9-14(13)21(15)16(19-10)11-5-3-2-4-6-11/h2-9H,1H3,(H,20,22). The van der Waals surface area contributed by atoms with Crippen molar-refractivity contribution >= 4 is 16.6 Å². The molecule has 0 spiro atoms. The van der Waals surface area contributed by atoms with Gasteiger partial charge in [0, 0.05) is 11.6 Å². The van der Waals surface area contributed by atoms with Gasteiger partial charge in [-0.2, -0.15) is 0 Å². The van der Waals surface area contributed by atoms with E-state index in [0.717, 1.165) is 5.56 Å². The van der Waals surface area contributed by atoms with Gasteiger partial charge in [-0.15, -0.1) is 0 Å². The molecule has 108 valence electrons. The minimum Gasteiger partial charge on any atom is -0.319 e. The van der Waals surface area contributed by atoms with Crippen molar-refractivity contribution in [1.82, 2.24) is 14.4 Å². The Balaban J connectivity index is 2.26. The second-order valence-electron chi connectivity index (χ2n) is 5.19. The summed E-state index contributed by atoms with van der Waals surface area (Å²) in [6, 6.07) is 13.9. The van der Waals surface area contributed by atoms with Crippen LogP contribution in [0.25, 0.3) is 27.9 Å². The molecule has 0 aliphatic rings. The number of nitrogens with one attached hydrogen (secondary N) is 1. The highest BCUT2D eigenvalue weighted by molar-refractivity contribution is 5.82. The first-order valence-electron chi connectivity index (χ1n) is 6.91. The smallest absolute Gasteiger partial charge is 0.274 e. The first-order valence-corrected chi connectivity index (χ1v) is 6.91. The Labute approximate surface area is 124 Å². The summed E-state index contributed by atoms with van der Waals surface area (Å²) in [5.41, 5.74) is 2.87. The van der Waals surface area contributed by atoms with E-state index in [2.05, 4.69) is 9.97 Å². The maximum Gasteiger partial charge on any atom is 0.274 e. The van der Waals surface area contributed by atoms with Gasteiger partial charge in [-0.3, -0.25) is 9.20 Å². The lowest BCUT2D eigenvalue weighted by Gasteiger charge is -2.06. The first-order chi connectivity index (χ1) is 10.6. The van der Waals surface area contributed by atoms with Crippen LogP contribution in [0.1, 0.15) is 5.69 Å². The lowest BCUT2D eigenvalue weighted by atomic mass is 10.2. The average Bonchev–Trinajstić information content (AvgIpc) is 2.88. The number of aromatic amines is 1. The Morgan fingerprint density at radius 3 is 2.68 bits per heavy atom. The fourth-order valence-corrected chi connectivity index (χ4v) is 2.79. The van der Waals surface area contributed by atoms with Gasteiger partial charge in [0.1, 0.15) is 17.2 Å². The maximum atomic E-state index is 13.7. The van der Waals surface area contributed by atoms with E-state index in [-0.39, 0.29) is 11.4 Å². The molecule has 1 N–H and O–H groups in total. The molecule has 0 amide bonds. The van der Waals surface area contributed by atoms with E-state index < -0.39 is 0 Å². The van der Waals surface area contributed by atoms with Crippen LogP contribution in [0.4, 0.5) is 4.39 Å². The van der Waals surface area contributed by atoms with Crippen LogP contribution in [0.5, 0.6) is 0 Å². The summed E-state index contributed by atoms with van der Waals surface area (Å²) >= 11 is 0. The normalized spacial score (nSPS) is 11.4. The molecule has 0 bridgehead atoms. The molecule has 0 aliphatic carbocycles. The molecule has 2 heterocycles. The van der Waals surface area contributed by atoms with E-state index in [9.17, 15) is 9.18 Å². The van der Waals surface area contributed by atoms with Crippen molar-refractivity contribution in [3.63, 3.8) is 0 Å². The fraction of sp³-hybridized carbons (Fsp3) is 0.0588. The Morgan fingerprint density at radius 1 is 1.14 bits per heavy atom. The number of hydrogen-bond donors (Lipinski definition) is 1. The zero-order valence-electron chi connectivity index (χ0n) is 11.8. The van der Waals surface area contributed by atoms with Crippen LogP contribution >= 0.6 is 0 Å². The van der Waals surface area contributed by atoms with E-state index in [1.165, 1.54) is 12.1 Å². The van der Waals surface area contributed by atoms with Gasteiger partial charge < -0.3 is 4.98 Å². The van der Waals surface area contributed by atoms with Crippen LogP contribution in [-0.4, -0.2) is 14.4 Å². The molecule has 0 radical (unpaired) electrons. The second kappa shape index (κ2) is 4.53. The van der Waals surface area contributed by atoms with E-state index in [0.29, 0.717) is 28.1 Å². The van der Waals surface area contributed by atoms with Crippen molar-refractivity contribution < 1.29 is 4.39 Å². The van der Waals surface area contributed by atoms with Crippen molar-refractivity contribution in [2.45, 2.75) is 6.92 Å². The van der Waals surface area contributed by atoms with Crippen molar-refractivity contribution in [2.75, 3.05) is 0 Å². The number of imidazole rings is 1. The monoisotopic (exact) mass is 293 g/mol. The molecule has 0 fully saturated rings. The van der Waals surface area contributed by atoms with E-state index >= 15 is 0 Å². The summed E-state index contributed by atoms with van der Waals surface area (Å²) in [7, 11) is 0. The van der Waals surface area contributed by atoms with E-state index in [1.54, 1.807) is 17.4 Å². The van der Waals surface area contributed by atoms with Crippen molar-refractivity contribution in [1.29, 1.82) is 0 Å². The maximum absolute atomic E-state index is 13.7. The third-order valence-corrected chi connectivity index (χ3v) is 3.75. The SMILES string of the molecule is Cc1nc(-c2ccccc2)n2c1c(=O)[nH]c1ccc(F)cc12. The molecule has 0 saturated heterocycles. The molecule has 0 atom stereocenters. The summed E-state index contributed by atoms with van der Waals surface area (Å²) in [5, 5.41) is 0. The molecule has 4 rings (SSSR count). The van der Waals surface area contributed by atoms with Crippen LogP contribution in [0.15, 0.2) is 53.3 Å².